The van der Waals surface area contributed by atoms with Crippen LogP contribution in [0, 0.1) is 0 Å². The third-order valence-electron chi connectivity index (χ3n) is 4.36. The summed E-state index contributed by atoms with van der Waals surface area (Å²) in [5, 5.41) is 13.1. The predicted octanol–water partition coefficient (Wildman–Crippen LogP) is 2.07. The molecule has 1 unspecified atom stereocenters. The number of anilines is 1. The standard InChI is InChI=1S/C16H25N3O/c20-12-15-4-2-1-3-9-19(15)16-8-5-13(11-18-16)10-17-14-6-7-14/h5,8,11,14-15,17,20H,1-4,6-7,9-10,12H2. The van der Waals surface area contributed by atoms with Crippen LogP contribution in [0.2, 0.25) is 0 Å². The van der Waals surface area contributed by atoms with Crippen molar-refractivity contribution in [2.24, 2.45) is 0 Å². The Kier molecular flexibility index (Phi) is 4.53. The van der Waals surface area contributed by atoms with Crippen molar-refractivity contribution < 1.29 is 5.11 Å². The molecule has 0 bridgehead atoms. The maximum atomic E-state index is 9.58. The van der Waals surface area contributed by atoms with Crippen LogP contribution in [-0.4, -0.2) is 35.3 Å². The first kappa shape index (κ1) is 13.8. The summed E-state index contributed by atoms with van der Waals surface area (Å²) in [5.74, 6) is 1.01. The first-order valence-electron chi connectivity index (χ1n) is 7.92. The fourth-order valence-corrected chi connectivity index (χ4v) is 2.91. The smallest absolute Gasteiger partial charge is 0.128 e. The molecule has 1 atom stereocenters. The Morgan fingerprint density at radius 3 is 2.80 bits per heavy atom. The molecule has 0 aromatic carbocycles. The number of nitrogens with zero attached hydrogens (tertiary/aromatic N) is 2. The second-order valence-electron chi connectivity index (χ2n) is 6.06. The number of aromatic nitrogens is 1. The normalized spacial score (nSPS) is 23.6. The van der Waals surface area contributed by atoms with E-state index in [1.807, 2.05) is 6.20 Å². The summed E-state index contributed by atoms with van der Waals surface area (Å²) in [5.41, 5.74) is 1.25. The van der Waals surface area contributed by atoms with Crippen molar-refractivity contribution in [1.29, 1.82) is 0 Å². The van der Waals surface area contributed by atoms with Crippen molar-refractivity contribution in [3.8, 4) is 0 Å². The molecule has 1 saturated heterocycles. The lowest BCUT2D eigenvalue weighted by Gasteiger charge is -2.29. The molecule has 0 radical (unpaired) electrons. The number of aliphatic hydroxyl groups is 1. The van der Waals surface area contributed by atoms with Crippen LogP contribution in [0.4, 0.5) is 5.82 Å². The Morgan fingerprint density at radius 2 is 2.10 bits per heavy atom. The summed E-state index contributed by atoms with van der Waals surface area (Å²) in [6.07, 6.45) is 9.35. The molecule has 0 spiro atoms. The highest BCUT2D eigenvalue weighted by Gasteiger charge is 2.22. The van der Waals surface area contributed by atoms with Crippen molar-refractivity contribution >= 4 is 5.82 Å². The van der Waals surface area contributed by atoms with Gasteiger partial charge in [0, 0.05) is 25.3 Å². The first-order valence-corrected chi connectivity index (χ1v) is 7.92. The van der Waals surface area contributed by atoms with Crippen LogP contribution in [-0.2, 0) is 6.54 Å². The van der Waals surface area contributed by atoms with E-state index in [1.54, 1.807) is 0 Å². The fourth-order valence-electron chi connectivity index (χ4n) is 2.91. The number of aliphatic hydroxyl groups excluding tert-OH is 1. The van der Waals surface area contributed by atoms with Crippen molar-refractivity contribution in [3.05, 3.63) is 23.9 Å². The maximum absolute atomic E-state index is 9.58. The van der Waals surface area contributed by atoms with Crippen molar-refractivity contribution in [2.45, 2.75) is 57.2 Å². The van der Waals surface area contributed by atoms with Crippen LogP contribution in [0.1, 0.15) is 44.1 Å². The van der Waals surface area contributed by atoms with Crippen LogP contribution >= 0.6 is 0 Å². The highest BCUT2D eigenvalue weighted by atomic mass is 16.3. The molecular formula is C16H25N3O. The van der Waals surface area contributed by atoms with Gasteiger partial charge in [-0.05, 0) is 37.3 Å². The van der Waals surface area contributed by atoms with Crippen LogP contribution in [0.3, 0.4) is 0 Å². The molecule has 2 fully saturated rings. The Labute approximate surface area is 121 Å². The van der Waals surface area contributed by atoms with Crippen molar-refractivity contribution in [1.82, 2.24) is 10.3 Å². The van der Waals surface area contributed by atoms with Gasteiger partial charge in [-0.3, -0.25) is 0 Å². The number of hydrogen-bond acceptors (Lipinski definition) is 4. The van der Waals surface area contributed by atoms with Gasteiger partial charge in [-0.15, -0.1) is 0 Å². The highest BCUT2D eigenvalue weighted by molar-refractivity contribution is 5.41. The molecular weight excluding hydrogens is 250 g/mol. The predicted molar refractivity (Wildman–Crippen MR) is 80.8 cm³/mol. The minimum Gasteiger partial charge on any atom is -0.394 e. The van der Waals surface area contributed by atoms with Gasteiger partial charge in [0.2, 0.25) is 0 Å². The number of hydrogen-bond donors (Lipinski definition) is 2. The van der Waals surface area contributed by atoms with Crippen LogP contribution in [0.15, 0.2) is 18.3 Å². The maximum Gasteiger partial charge on any atom is 0.128 e. The molecule has 1 saturated carbocycles. The topological polar surface area (TPSA) is 48.4 Å². The molecule has 3 rings (SSSR count). The van der Waals surface area contributed by atoms with Crippen LogP contribution in [0.25, 0.3) is 0 Å². The van der Waals surface area contributed by atoms with Gasteiger partial charge in [0.05, 0.1) is 12.6 Å². The van der Waals surface area contributed by atoms with E-state index in [2.05, 4.69) is 27.3 Å². The molecule has 1 aromatic rings. The SMILES string of the molecule is OCC1CCCCCN1c1ccc(CNC2CC2)cn1. The Bertz CT molecular complexity index is 416. The third kappa shape index (κ3) is 3.49. The minimum atomic E-state index is 0.229. The van der Waals surface area contributed by atoms with Crippen molar-refractivity contribution in [3.63, 3.8) is 0 Å². The summed E-state index contributed by atoms with van der Waals surface area (Å²) in [6, 6.07) is 5.24. The van der Waals surface area contributed by atoms with E-state index >= 15 is 0 Å². The number of nitrogens with one attached hydrogen (secondary N) is 1. The van der Waals surface area contributed by atoms with Gasteiger partial charge in [-0.25, -0.2) is 4.98 Å². The van der Waals surface area contributed by atoms with Gasteiger partial charge < -0.3 is 15.3 Å². The number of rotatable bonds is 5. The van der Waals surface area contributed by atoms with E-state index in [9.17, 15) is 5.11 Å². The van der Waals surface area contributed by atoms with Crippen LogP contribution < -0.4 is 10.2 Å². The molecule has 2 aliphatic rings. The first-order chi connectivity index (χ1) is 9.86. The van der Waals surface area contributed by atoms with Crippen molar-refractivity contribution in [2.75, 3.05) is 18.1 Å². The highest BCUT2D eigenvalue weighted by Crippen LogP contribution is 2.23. The lowest BCUT2D eigenvalue weighted by Crippen LogP contribution is -2.38. The summed E-state index contributed by atoms with van der Waals surface area (Å²) in [6.45, 7) is 2.16. The largest absolute Gasteiger partial charge is 0.394 e. The summed E-state index contributed by atoms with van der Waals surface area (Å²) >= 11 is 0. The van der Waals surface area contributed by atoms with E-state index in [0.29, 0.717) is 0 Å². The minimum absolute atomic E-state index is 0.229. The molecule has 20 heavy (non-hydrogen) atoms. The molecule has 2 N–H and O–H groups in total. The summed E-state index contributed by atoms with van der Waals surface area (Å²) in [7, 11) is 0. The second-order valence-corrected chi connectivity index (χ2v) is 6.06. The molecule has 1 aromatic heterocycles. The van der Waals surface area contributed by atoms with Gasteiger partial charge in [-0.2, -0.15) is 0 Å². The Morgan fingerprint density at radius 1 is 1.20 bits per heavy atom. The van der Waals surface area contributed by atoms with Gasteiger partial charge in [0.25, 0.3) is 0 Å². The van der Waals surface area contributed by atoms with E-state index in [-0.39, 0.29) is 12.6 Å². The molecule has 1 aliphatic heterocycles. The molecule has 2 heterocycles. The van der Waals surface area contributed by atoms with Gasteiger partial charge in [-0.1, -0.05) is 18.9 Å². The Balaban J connectivity index is 1.64. The molecule has 0 amide bonds. The van der Waals surface area contributed by atoms with E-state index in [0.717, 1.165) is 31.4 Å². The molecule has 4 heteroatoms. The van der Waals surface area contributed by atoms with E-state index < -0.39 is 0 Å². The summed E-state index contributed by atoms with van der Waals surface area (Å²) < 4.78 is 0. The average molecular weight is 275 g/mol. The fraction of sp³-hybridized carbons (Fsp3) is 0.688. The molecule has 1 aliphatic carbocycles. The lowest BCUT2D eigenvalue weighted by atomic mass is 10.1. The summed E-state index contributed by atoms with van der Waals surface area (Å²) in [4.78, 5) is 6.90. The zero-order chi connectivity index (χ0) is 13.8. The lowest BCUT2D eigenvalue weighted by molar-refractivity contribution is 0.254. The van der Waals surface area contributed by atoms with Gasteiger partial charge >= 0.3 is 0 Å². The Hall–Kier alpha value is -1.13. The van der Waals surface area contributed by atoms with E-state index in [4.69, 9.17) is 0 Å². The quantitative estimate of drug-likeness (QED) is 0.864. The van der Waals surface area contributed by atoms with Gasteiger partial charge in [0.1, 0.15) is 5.82 Å². The zero-order valence-corrected chi connectivity index (χ0v) is 12.1. The second kappa shape index (κ2) is 6.55. The number of pyridine rings is 1. The van der Waals surface area contributed by atoms with Gasteiger partial charge in [0.15, 0.2) is 0 Å². The zero-order valence-electron chi connectivity index (χ0n) is 12.1. The molecule has 110 valence electrons. The average Bonchev–Trinajstić information content (AvgIpc) is 3.32. The van der Waals surface area contributed by atoms with E-state index in [1.165, 1.54) is 37.7 Å². The molecule has 4 nitrogen and oxygen atoms in total. The third-order valence-corrected chi connectivity index (χ3v) is 4.36. The van der Waals surface area contributed by atoms with Crippen LogP contribution in [0.5, 0.6) is 0 Å². The monoisotopic (exact) mass is 275 g/mol.